The van der Waals surface area contributed by atoms with Crippen LogP contribution in [-0.2, 0) is 0 Å². The second kappa shape index (κ2) is 10.1. The van der Waals surface area contributed by atoms with Crippen LogP contribution in [0.15, 0.2) is 17.8 Å². The monoisotopic (exact) mass is 258 g/mol. The molecule has 0 saturated carbocycles. The Bertz CT molecular complexity index is 96.7. The second-order valence-corrected chi connectivity index (χ2v) is 3.94. The molecule has 0 aliphatic rings. The third-order valence-electron chi connectivity index (χ3n) is 0.975. The van der Waals surface area contributed by atoms with Crippen LogP contribution in [0, 0.1) is 46.5 Å². The van der Waals surface area contributed by atoms with Gasteiger partial charge < -0.3 is 0 Å². The molecule has 0 bridgehead atoms. The minimum absolute atomic E-state index is 1.35. The average molecular weight is 258 g/mol. The molecule has 62 valence electrons. The van der Waals surface area contributed by atoms with Gasteiger partial charge in [-0.1, -0.05) is 11.6 Å². The standard InChI is InChI=1S/C5H10.C4H8Xe/c1-4-5(2)3;1-3-4(2)5/h4H,1-3H3;3,5H,1-2H3/b;4-3+. The van der Waals surface area contributed by atoms with Crippen molar-refractivity contribution in [2.24, 2.45) is 0 Å². The molecular weight excluding hydrogens is 239 g/mol. The summed E-state index contributed by atoms with van der Waals surface area (Å²) in [5.74, 6) is 0. The summed E-state index contributed by atoms with van der Waals surface area (Å²) in [5.41, 5.74) is 1.38. The Labute approximate surface area is 97.5 Å². The van der Waals surface area contributed by atoms with E-state index in [9.17, 15) is 0 Å². The van der Waals surface area contributed by atoms with Gasteiger partial charge in [-0.05, 0) is 20.8 Å². The Morgan fingerprint density at radius 2 is 1.20 bits per heavy atom. The van der Waals surface area contributed by atoms with Crippen LogP contribution >= 0.6 is 0 Å². The molecule has 0 atom stereocenters. The molecule has 0 radical (unpaired) electrons. The predicted octanol–water partition coefficient (Wildman–Crippen LogP) is 3.16. The van der Waals surface area contributed by atoms with Crippen LogP contribution < -0.4 is 0 Å². The first-order valence-electron chi connectivity index (χ1n) is 3.42. The molecule has 0 aliphatic carbocycles. The van der Waals surface area contributed by atoms with Gasteiger partial charge >= 0.3 is 66.5 Å². The van der Waals surface area contributed by atoms with Gasteiger partial charge in [-0.2, -0.15) is 0 Å². The minimum Gasteiger partial charge on any atom is -0.0890 e. The summed E-state index contributed by atoms with van der Waals surface area (Å²) in [7, 11) is 0. The van der Waals surface area contributed by atoms with Crippen LogP contribution in [0.1, 0.15) is 34.6 Å². The molecule has 0 fully saturated rings. The van der Waals surface area contributed by atoms with Crippen LogP contribution in [0.3, 0.4) is 0 Å². The molecule has 0 saturated heterocycles. The summed E-state index contributed by atoms with van der Waals surface area (Å²) >= 11 is 2.27. The molecule has 0 nitrogen and oxygen atoms in total. The molecule has 0 N–H and O–H groups in total. The van der Waals surface area contributed by atoms with Crippen LogP contribution in [0.25, 0.3) is 0 Å². The summed E-state index contributed by atoms with van der Waals surface area (Å²) in [6.45, 7) is 10.3. The van der Waals surface area contributed by atoms with Crippen LogP contribution in [0.2, 0.25) is 0 Å². The van der Waals surface area contributed by atoms with E-state index in [1.165, 1.54) is 5.61 Å². The van der Waals surface area contributed by atoms with E-state index in [2.05, 4.69) is 79.5 Å². The fourth-order valence-corrected chi connectivity index (χ4v) is 0. The van der Waals surface area contributed by atoms with Crippen LogP contribution in [0.5, 0.6) is 0 Å². The van der Waals surface area contributed by atoms with Gasteiger partial charge in [0.2, 0.25) is 0 Å². The van der Waals surface area contributed by atoms with Crippen molar-refractivity contribution in [3.63, 3.8) is 0 Å². The van der Waals surface area contributed by atoms with Gasteiger partial charge in [-0.15, -0.1) is 0 Å². The van der Waals surface area contributed by atoms with E-state index >= 15 is 0 Å². The van der Waals surface area contributed by atoms with Crippen molar-refractivity contribution in [2.75, 3.05) is 0 Å². The first-order valence-corrected chi connectivity index (χ1v) is 4.50. The summed E-state index contributed by atoms with van der Waals surface area (Å²) in [6, 6.07) is 0. The first kappa shape index (κ1) is 13.6. The van der Waals surface area contributed by atoms with Gasteiger partial charge in [-0.3, -0.25) is 0 Å². The van der Waals surface area contributed by atoms with E-state index in [4.69, 9.17) is 0 Å². The van der Waals surface area contributed by atoms with Gasteiger partial charge in [-0.25, -0.2) is 0 Å². The molecule has 0 spiro atoms. The number of rotatable bonds is 0. The number of allylic oxidation sites excluding steroid dienone is 4. The van der Waals surface area contributed by atoms with E-state index in [0.29, 0.717) is 0 Å². The molecular formula is C9H18Xe. The fraction of sp³-hybridized carbons (Fsp3) is 0.556. The quantitative estimate of drug-likeness (QED) is 0.585. The molecule has 0 aromatic carbocycles. The normalized spacial score (nSPS) is 9.70. The Morgan fingerprint density at radius 1 is 1.00 bits per heavy atom. The van der Waals surface area contributed by atoms with Crippen molar-refractivity contribution >= 4 is 0 Å². The van der Waals surface area contributed by atoms with Crippen molar-refractivity contribution in [3.05, 3.63) is 17.8 Å². The van der Waals surface area contributed by atoms with Gasteiger partial charge in [0.1, 0.15) is 0 Å². The molecule has 0 aliphatic heterocycles. The van der Waals surface area contributed by atoms with E-state index in [0.717, 1.165) is 0 Å². The van der Waals surface area contributed by atoms with E-state index in [1.807, 2.05) is 13.8 Å². The summed E-state index contributed by atoms with van der Waals surface area (Å²) in [6.07, 6.45) is 4.15. The van der Waals surface area contributed by atoms with Crippen LogP contribution in [0.4, 0.5) is 0 Å². The maximum atomic E-state index is 2.27. The molecule has 0 heterocycles. The third-order valence-corrected chi connectivity index (χ3v) is 1.60. The summed E-state index contributed by atoms with van der Waals surface area (Å²) < 4.78 is 1.35. The number of hydrogen-bond acceptors (Lipinski definition) is 0. The Hall–Kier alpha value is 1.05. The molecule has 1 heteroatoms. The first-order chi connectivity index (χ1) is 4.54. The molecule has 0 aromatic heterocycles. The third kappa shape index (κ3) is 23.0. The molecule has 10 heavy (non-hydrogen) atoms. The second-order valence-electron chi connectivity index (χ2n) is 2.24. The van der Waals surface area contributed by atoms with Crippen molar-refractivity contribution in [2.45, 2.75) is 34.6 Å². The summed E-state index contributed by atoms with van der Waals surface area (Å²) in [5, 5.41) is 0. The summed E-state index contributed by atoms with van der Waals surface area (Å²) in [4.78, 5) is 0. The predicted molar refractivity (Wildman–Crippen MR) is 45.9 cm³/mol. The largest absolute Gasteiger partial charge is 0.0890 e. The van der Waals surface area contributed by atoms with Crippen molar-refractivity contribution in [3.8, 4) is 0 Å². The smallest absolute Gasteiger partial charge is 0.0442 e. The van der Waals surface area contributed by atoms with E-state index in [-0.39, 0.29) is 0 Å². The zero-order chi connectivity index (χ0) is 8.57. The van der Waals surface area contributed by atoms with E-state index in [1.54, 1.807) is 0 Å². The Balaban J connectivity index is 0. The minimum atomic E-state index is 1.35. The van der Waals surface area contributed by atoms with Gasteiger partial charge in [0.15, 0.2) is 0 Å². The Morgan fingerprint density at radius 3 is 1.20 bits per heavy atom. The maximum absolute atomic E-state index is 2.27. The van der Waals surface area contributed by atoms with Crippen molar-refractivity contribution in [1.82, 2.24) is 0 Å². The van der Waals surface area contributed by atoms with Crippen LogP contribution in [-0.4, -0.2) is 0 Å². The molecule has 0 unspecified atom stereocenters. The maximum Gasteiger partial charge on any atom is -0.0442 e. The Kier molecular flexibility index (Phi) is 13.7. The number of hydrogen-bond donors (Lipinski definition) is 0. The molecule has 0 aromatic rings. The zero-order valence-electron chi connectivity index (χ0n) is 7.53. The zero-order valence-corrected chi connectivity index (χ0v) is 9.69. The van der Waals surface area contributed by atoms with Gasteiger partial charge in [0, 0.05) is 0 Å². The van der Waals surface area contributed by atoms with Crippen molar-refractivity contribution in [1.29, 1.82) is 0 Å². The van der Waals surface area contributed by atoms with Crippen molar-refractivity contribution < 1.29 is 46.5 Å². The van der Waals surface area contributed by atoms with Gasteiger partial charge in [0.05, 0.1) is 0 Å². The molecule has 0 amide bonds. The van der Waals surface area contributed by atoms with Gasteiger partial charge in [0.25, 0.3) is 0 Å². The molecule has 0 rings (SSSR count). The average Bonchev–Trinajstić information content (AvgIpc) is 1.89. The SMILES string of the molecule is C/C=C(\C)[XeH].CC=C(C)C. The van der Waals surface area contributed by atoms with E-state index < -0.39 is 0 Å². The topological polar surface area (TPSA) is 0 Å². The fourth-order valence-electron chi connectivity index (χ4n) is 0.